The Labute approximate surface area is 226 Å². The van der Waals surface area contributed by atoms with Crippen molar-refractivity contribution in [3.8, 4) is 0 Å². The van der Waals surface area contributed by atoms with E-state index in [-0.39, 0.29) is 23.9 Å². The molecule has 1 fully saturated rings. The largest absolute Gasteiger partial charge is 0.473 e. The van der Waals surface area contributed by atoms with Gasteiger partial charge in [-0.05, 0) is 38.3 Å². The van der Waals surface area contributed by atoms with Crippen molar-refractivity contribution in [2.24, 2.45) is 0 Å². The standard InChI is InChI=1S/C26H33N5O2.C2H2O4/c1-19(2)31-23-11-7-6-10-22(23)25(29-31)26(33)27-14-17-30-15-12-21(13-16-30)28-24(32)18-20-8-4-3-5-9-20;3-1(4)2(5)6/h3-11,19,21H,12-18H2,1-2H3,(H,27,33)(H,28,32);(H,3,4)(H,5,6). The predicted molar refractivity (Wildman–Crippen MR) is 145 cm³/mol. The lowest BCUT2D eigenvalue weighted by atomic mass is 10.0. The van der Waals surface area contributed by atoms with Gasteiger partial charge in [-0.15, -0.1) is 0 Å². The molecule has 0 saturated carbocycles. The summed E-state index contributed by atoms with van der Waals surface area (Å²) >= 11 is 0. The normalized spacial score (nSPS) is 13.9. The number of nitrogens with zero attached hydrogens (tertiary/aromatic N) is 3. The van der Waals surface area contributed by atoms with Gasteiger partial charge in [-0.3, -0.25) is 14.3 Å². The maximum Gasteiger partial charge on any atom is 0.414 e. The van der Waals surface area contributed by atoms with Gasteiger partial charge in [0.2, 0.25) is 5.91 Å². The minimum absolute atomic E-state index is 0.0833. The topological polar surface area (TPSA) is 154 Å². The molecule has 0 atom stereocenters. The smallest absolute Gasteiger partial charge is 0.414 e. The molecule has 11 heteroatoms. The molecule has 1 aromatic heterocycles. The van der Waals surface area contributed by atoms with Crippen LogP contribution in [0.3, 0.4) is 0 Å². The van der Waals surface area contributed by atoms with Crippen LogP contribution in [0, 0.1) is 0 Å². The Balaban J connectivity index is 0.000000631. The van der Waals surface area contributed by atoms with Crippen LogP contribution in [-0.2, 0) is 20.8 Å². The van der Waals surface area contributed by atoms with E-state index in [0.29, 0.717) is 18.7 Å². The molecule has 2 heterocycles. The Bertz CT molecular complexity index is 1270. The number of benzene rings is 2. The highest BCUT2D eigenvalue weighted by atomic mass is 16.4. The lowest BCUT2D eigenvalue weighted by Gasteiger charge is -2.32. The number of carbonyl (C=O) groups is 4. The maximum absolute atomic E-state index is 12.8. The van der Waals surface area contributed by atoms with E-state index in [1.165, 1.54) is 0 Å². The van der Waals surface area contributed by atoms with E-state index < -0.39 is 11.9 Å². The molecule has 0 spiro atoms. The summed E-state index contributed by atoms with van der Waals surface area (Å²) in [5.41, 5.74) is 2.50. The Morgan fingerprint density at radius 1 is 0.949 bits per heavy atom. The molecule has 2 amide bonds. The molecule has 0 radical (unpaired) electrons. The molecule has 4 rings (SSSR count). The fourth-order valence-electron chi connectivity index (χ4n) is 4.42. The number of rotatable bonds is 8. The van der Waals surface area contributed by atoms with Gasteiger partial charge in [0.25, 0.3) is 5.91 Å². The zero-order chi connectivity index (χ0) is 28.4. The van der Waals surface area contributed by atoms with Crippen LogP contribution < -0.4 is 10.6 Å². The molecule has 0 bridgehead atoms. The molecule has 4 N–H and O–H groups in total. The third kappa shape index (κ3) is 8.64. The molecule has 1 aliphatic rings. The number of nitrogens with one attached hydrogen (secondary N) is 2. The summed E-state index contributed by atoms with van der Waals surface area (Å²) in [5, 5.41) is 26.4. The summed E-state index contributed by atoms with van der Waals surface area (Å²) in [5.74, 6) is -3.70. The number of piperidine rings is 1. The van der Waals surface area contributed by atoms with E-state index in [4.69, 9.17) is 19.8 Å². The van der Waals surface area contributed by atoms with Gasteiger partial charge in [0.15, 0.2) is 5.69 Å². The van der Waals surface area contributed by atoms with Crippen molar-refractivity contribution in [1.82, 2.24) is 25.3 Å². The van der Waals surface area contributed by atoms with Crippen LogP contribution in [0.5, 0.6) is 0 Å². The molecular weight excluding hydrogens is 502 g/mol. The molecule has 208 valence electrons. The summed E-state index contributed by atoms with van der Waals surface area (Å²) in [4.78, 5) is 45.6. The summed E-state index contributed by atoms with van der Waals surface area (Å²) in [6.45, 7) is 7.32. The molecule has 11 nitrogen and oxygen atoms in total. The summed E-state index contributed by atoms with van der Waals surface area (Å²) in [7, 11) is 0. The summed E-state index contributed by atoms with van der Waals surface area (Å²) in [6, 6.07) is 18.1. The van der Waals surface area contributed by atoms with Crippen molar-refractivity contribution < 1.29 is 29.4 Å². The van der Waals surface area contributed by atoms with Crippen LogP contribution in [-0.4, -0.2) is 80.9 Å². The van der Waals surface area contributed by atoms with Crippen molar-refractivity contribution >= 4 is 34.7 Å². The third-order valence-electron chi connectivity index (χ3n) is 6.37. The van der Waals surface area contributed by atoms with Crippen LogP contribution >= 0.6 is 0 Å². The number of amides is 2. The number of aliphatic carboxylic acids is 2. The van der Waals surface area contributed by atoms with Gasteiger partial charge in [-0.2, -0.15) is 5.10 Å². The van der Waals surface area contributed by atoms with Crippen molar-refractivity contribution in [3.05, 3.63) is 65.9 Å². The molecular formula is C28H35N5O6. The van der Waals surface area contributed by atoms with Crippen LogP contribution in [0.4, 0.5) is 0 Å². The summed E-state index contributed by atoms with van der Waals surface area (Å²) in [6.07, 6.45) is 2.28. The fraction of sp³-hybridized carbons (Fsp3) is 0.393. The SMILES string of the molecule is CC(C)n1nc(C(=O)NCCN2CCC(NC(=O)Cc3ccccc3)CC2)c2ccccc21.O=C(O)C(=O)O. The average molecular weight is 538 g/mol. The maximum atomic E-state index is 12.8. The van der Waals surface area contributed by atoms with E-state index in [2.05, 4.69) is 34.5 Å². The van der Waals surface area contributed by atoms with E-state index in [1.807, 2.05) is 59.3 Å². The molecule has 1 saturated heterocycles. The highest BCUT2D eigenvalue weighted by Gasteiger charge is 2.22. The van der Waals surface area contributed by atoms with E-state index in [9.17, 15) is 9.59 Å². The first-order valence-corrected chi connectivity index (χ1v) is 12.9. The first kappa shape index (κ1) is 29.3. The molecule has 3 aromatic rings. The van der Waals surface area contributed by atoms with Crippen LogP contribution in [0.25, 0.3) is 10.9 Å². The number of hydrogen-bond donors (Lipinski definition) is 4. The van der Waals surface area contributed by atoms with Crippen molar-refractivity contribution in [3.63, 3.8) is 0 Å². The second kappa shape index (κ2) is 14.1. The van der Waals surface area contributed by atoms with Gasteiger partial charge in [0.1, 0.15) is 0 Å². The number of fused-ring (bicyclic) bond motifs is 1. The number of hydrogen-bond acceptors (Lipinski definition) is 6. The van der Waals surface area contributed by atoms with E-state index in [1.54, 1.807) is 0 Å². The number of para-hydroxylation sites is 1. The number of carbonyl (C=O) groups excluding carboxylic acids is 2. The zero-order valence-electron chi connectivity index (χ0n) is 22.2. The van der Waals surface area contributed by atoms with Gasteiger partial charge in [-0.1, -0.05) is 48.5 Å². The Hall–Kier alpha value is -4.25. The van der Waals surface area contributed by atoms with E-state index >= 15 is 0 Å². The predicted octanol–water partition coefficient (Wildman–Crippen LogP) is 2.33. The van der Waals surface area contributed by atoms with Crippen LogP contribution in [0.1, 0.15) is 48.8 Å². The van der Waals surface area contributed by atoms with Crippen LogP contribution in [0.15, 0.2) is 54.6 Å². The van der Waals surface area contributed by atoms with E-state index in [0.717, 1.165) is 48.9 Å². The van der Waals surface area contributed by atoms with Gasteiger partial charge >= 0.3 is 11.9 Å². The van der Waals surface area contributed by atoms with Crippen molar-refractivity contribution in [2.45, 2.75) is 45.2 Å². The van der Waals surface area contributed by atoms with Gasteiger partial charge in [0, 0.05) is 43.6 Å². The monoisotopic (exact) mass is 537 g/mol. The Morgan fingerprint density at radius 2 is 1.56 bits per heavy atom. The molecule has 2 aromatic carbocycles. The Kier molecular flexibility index (Phi) is 10.6. The second-order valence-electron chi connectivity index (χ2n) is 9.62. The third-order valence-corrected chi connectivity index (χ3v) is 6.37. The highest BCUT2D eigenvalue weighted by molar-refractivity contribution is 6.27. The van der Waals surface area contributed by atoms with Crippen molar-refractivity contribution in [2.75, 3.05) is 26.2 Å². The fourth-order valence-corrected chi connectivity index (χ4v) is 4.42. The first-order valence-electron chi connectivity index (χ1n) is 12.9. The van der Waals surface area contributed by atoms with Gasteiger partial charge in [-0.25, -0.2) is 9.59 Å². The molecule has 1 aliphatic heterocycles. The summed E-state index contributed by atoms with van der Waals surface area (Å²) < 4.78 is 1.90. The second-order valence-corrected chi connectivity index (χ2v) is 9.62. The lowest BCUT2D eigenvalue weighted by Crippen LogP contribution is -2.46. The van der Waals surface area contributed by atoms with Crippen molar-refractivity contribution in [1.29, 1.82) is 0 Å². The minimum atomic E-state index is -1.82. The van der Waals surface area contributed by atoms with Gasteiger partial charge < -0.3 is 25.7 Å². The van der Waals surface area contributed by atoms with Crippen LogP contribution in [0.2, 0.25) is 0 Å². The minimum Gasteiger partial charge on any atom is -0.473 e. The number of carboxylic acid groups (broad SMARTS) is 2. The number of aromatic nitrogens is 2. The quantitative estimate of drug-likeness (QED) is 0.319. The zero-order valence-corrected chi connectivity index (χ0v) is 22.2. The Morgan fingerprint density at radius 3 is 2.18 bits per heavy atom. The molecule has 0 unspecified atom stereocenters. The van der Waals surface area contributed by atoms with Gasteiger partial charge in [0.05, 0.1) is 11.9 Å². The molecule has 0 aliphatic carbocycles. The number of carboxylic acids is 2. The first-order chi connectivity index (χ1) is 18.7. The lowest BCUT2D eigenvalue weighted by molar-refractivity contribution is -0.159. The average Bonchev–Trinajstić information content (AvgIpc) is 3.31. The molecule has 39 heavy (non-hydrogen) atoms. The number of likely N-dealkylation sites (tertiary alicyclic amines) is 1. The highest BCUT2D eigenvalue weighted by Crippen LogP contribution is 2.21.